The SMILES string of the molecule is CCNCc1ccc(N2CCC(CC(N)=O)CC2)cc1. The lowest BCUT2D eigenvalue weighted by Crippen LogP contribution is -2.35. The number of hydrogen-bond acceptors (Lipinski definition) is 3. The van der Waals surface area contributed by atoms with Gasteiger partial charge in [0.05, 0.1) is 0 Å². The summed E-state index contributed by atoms with van der Waals surface area (Å²) in [5.74, 6) is 0.299. The van der Waals surface area contributed by atoms with Crippen LogP contribution in [0.1, 0.15) is 31.7 Å². The van der Waals surface area contributed by atoms with Gasteiger partial charge in [-0.2, -0.15) is 0 Å². The maximum absolute atomic E-state index is 10.9. The van der Waals surface area contributed by atoms with E-state index >= 15 is 0 Å². The van der Waals surface area contributed by atoms with Crippen LogP contribution in [0.15, 0.2) is 24.3 Å². The minimum Gasteiger partial charge on any atom is -0.372 e. The van der Waals surface area contributed by atoms with Crippen LogP contribution in [-0.4, -0.2) is 25.5 Å². The highest BCUT2D eigenvalue weighted by Gasteiger charge is 2.20. The number of rotatable bonds is 6. The Morgan fingerprint density at radius 1 is 1.30 bits per heavy atom. The van der Waals surface area contributed by atoms with E-state index < -0.39 is 0 Å². The van der Waals surface area contributed by atoms with Gasteiger partial charge in [0.25, 0.3) is 0 Å². The first-order valence-corrected chi connectivity index (χ1v) is 7.52. The van der Waals surface area contributed by atoms with Gasteiger partial charge < -0.3 is 16.0 Å². The molecule has 1 amide bonds. The third-order valence-corrected chi connectivity index (χ3v) is 3.99. The molecule has 0 aromatic heterocycles. The lowest BCUT2D eigenvalue weighted by Gasteiger charge is -2.33. The van der Waals surface area contributed by atoms with E-state index in [0.29, 0.717) is 12.3 Å². The number of nitrogens with one attached hydrogen (secondary N) is 1. The molecule has 0 atom stereocenters. The molecular weight excluding hydrogens is 250 g/mol. The largest absolute Gasteiger partial charge is 0.372 e. The first-order valence-electron chi connectivity index (χ1n) is 7.52. The standard InChI is InChI=1S/C16H25N3O/c1-2-18-12-14-3-5-15(6-4-14)19-9-7-13(8-10-19)11-16(17)20/h3-6,13,18H,2,7-12H2,1H3,(H2,17,20). The smallest absolute Gasteiger partial charge is 0.217 e. The van der Waals surface area contributed by atoms with Gasteiger partial charge >= 0.3 is 0 Å². The van der Waals surface area contributed by atoms with Crippen LogP contribution in [0, 0.1) is 5.92 Å². The Labute approximate surface area is 121 Å². The zero-order chi connectivity index (χ0) is 14.4. The molecule has 1 aromatic rings. The Balaban J connectivity index is 1.85. The Kier molecular flexibility index (Phi) is 5.41. The van der Waals surface area contributed by atoms with E-state index in [0.717, 1.165) is 39.0 Å². The van der Waals surface area contributed by atoms with Crippen molar-refractivity contribution in [3.05, 3.63) is 29.8 Å². The summed E-state index contributed by atoms with van der Waals surface area (Å²) in [5.41, 5.74) is 7.87. The van der Waals surface area contributed by atoms with E-state index in [9.17, 15) is 4.79 Å². The minimum absolute atomic E-state index is 0.170. The van der Waals surface area contributed by atoms with Crippen molar-refractivity contribution >= 4 is 11.6 Å². The van der Waals surface area contributed by atoms with E-state index in [1.54, 1.807) is 0 Å². The second-order valence-corrected chi connectivity index (χ2v) is 5.55. The minimum atomic E-state index is -0.170. The number of anilines is 1. The summed E-state index contributed by atoms with van der Waals surface area (Å²) < 4.78 is 0. The van der Waals surface area contributed by atoms with Gasteiger partial charge in [-0.15, -0.1) is 0 Å². The quantitative estimate of drug-likeness (QED) is 0.833. The molecule has 2 rings (SSSR count). The van der Waals surface area contributed by atoms with Gasteiger partial charge in [-0.3, -0.25) is 4.79 Å². The Bertz CT molecular complexity index is 422. The number of amides is 1. The van der Waals surface area contributed by atoms with Crippen LogP contribution in [0.5, 0.6) is 0 Å². The van der Waals surface area contributed by atoms with Crippen LogP contribution in [-0.2, 0) is 11.3 Å². The first-order chi connectivity index (χ1) is 9.69. The average Bonchev–Trinajstić information content (AvgIpc) is 2.46. The van der Waals surface area contributed by atoms with Crippen LogP contribution < -0.4 is 16.0 Å². The third-order valence-electron chi connectivity index (χ3n) is 3.99. The lowest BCUT2D eigenvalue weighted by atomic mass is 9.93. The number of carbonyl (C=O) groups is 1. The van der Waals surface area contributed by atoms with Crippen molar-refractivity contribution in [1.29, 1.82) is 0 Å². The Morgan fingerprint density at radius 3 is 2.50 bits per heavy atom. The second kappa shape index (κ2) is 7.29. The van der Waals surface area contributed by atoms with Crippen molar-refractivity contribution < 1.29 is 4.79 Å². The fourth-order valence-corrected chi connectivity index (χ4v) is 2.77. The van der Waals surface area contributed by atoms with Gasteiger partial charge in [0.15, 0.2) is 0 Å². The lowest BCUT2D eigenvalue weighted by molar-refractivity contribution is -0.119. The van der Waals surface area contributed by atoms with E-state index in [4.69, 9.17) is 5.73 Å². The Morgan fingerprint density at radius 2 is 1.95 bits per heavy atom. The van der Waals surface area contributed by atoms with Gasteiger partial charge in [-0.1, -0.05) is 19.1 Å². The molecule has 20 heavy (non-hydrogen) atoms. The summed E-state index contributed by atoms with van der Waals surface area (Å²) in [6.45, 7) is 6.08. The van der Waals surface area contributed by atoms with Crippen molar-refractivity contribution in [2.45, 2.75) is 32.7 Å². The van der Waals surface area contributed by atoms with Crippen molar-refractivity contribution in [3.63, 3.8) is 0 Å². The molecule has 4 nitrogen and oxygen atoms in total. The molecule has 110 valence electrons. The van der Waals surface area contributed by atoms with Gasteiger partial charge in [-0.25, -0.2) is 0 Å². The zero-order valence-electron chi connectivity index (χ0n) is 12.3. The van der Waals surface area contributed by atoms with Crippen LogP contribution in [0.4, 0.5) is 5.69 Å². The van der Waals surface area contributed by atoms with E-state index in [1.165, 1.54) is 11.3 Å². The maximum atomic E-state index is 10.9. The topological polar surface area (TPSA) is 58.4 Å². The van der Waals surface area contributed by atoms with Gasteiger partial charge in [0.1, 0.15) is 0 Å². The molecule has 1 saturated heterocycles. The second-order valence-electron chi connectivity index (χ2n) is 5.55. The fraction of sp³-hybridized carbons (Fsp3) is 0.562. The predicted octanol–water partition coefficient (Wildman–Crippen LogP) is 1.89. The van der Waals surface area contributed by atoms with Crippen molar-refractivity contribution in [2.24, 2.45) is 11.7 Å². The molecule has 0 bridgehead atoms. The predicted molar refractivity (Wildman–Crippen MR) is 82.6 cm³/mol. The molecule has 1 aliphatic heterocycles. The third kappa shape index (κ3) is 4.23. The summed E-state index contributed by atoms with van der Waals surface area (Å²) in [6, 6.07) is 8.77. The molecule has 0 spiro atoms. The number of benzene rings is 1. The molecular formula is C16H25N3O. The number of carbonyl (C=O) groups excluding carboxylic acids is 1. The highest BCUT2D eigenvalue weighted by molar-refractivity contribution is 5.74. The van der Waals surface area contributed by atoms with Crippen molar-refractivity contribution in [1.82, 2.24) is 5.32 Å². The number of primary amides is 1. The van der Waals surface area contributed by atoms with E-state index in [1.807, 2.05) is 0 Å². The highest BCUT2D eigenvalue weighted by Crippen LogP contribution is 2.25. The summed E-state index contributed by atoms with van der Waals surface area (Å²) >= 11 is 0. The van der Waals surface area contributed by atoms with Gasteiger partial charge in [0.2, 0.25) is 5.91 Å². The molecule has 0 saturated carbocycles. The summed E-state index contributed by atoms with van der Waals surface area (Å²) in [6.07, 6.45) is 2.65. The Hall–Kier alpha value is -1.55. The molecule has 1 aromatic carbocycles. The van der Waals surface area contributed by atoms with Crippen LogP contribution in [0.3, 0.4) is 0 Å². The van der Waals surface area contributed by atoms with Crippen LogP contribution >= 0.6 is 0 Å². The summed E-state index contributed by atoms with van der Waals surface area (Å²) in [4.78, 5) is 13.3. The van der Waals surface area contributed by atoms with Crippen molar-refractivity contribution in [3.8, 4) is 0 Å². The molecule has 0 aliphatic carbocycles. The number of nitrogens with zero attached hydrogens (tertiary/aromatic N) is 1. The average molecular weight is 275 g/mol. The first kappa shape index (κ1) is 14.9. The highest BCUT2D eigenvalue weighted by atomic mass is 16.1. The molecule has 1 heterocycles. The number of nitrogens with two attached hydrogens (primary N) is 1. The van der Waals surface area contributed by atoms with Gasteiger partial charge in [-0.05, 0) is 43.0 Å². The number of piperidine rings is 1. The molecule has 4 heteroatoms. The molecule has 0 radical (unpaired) electrons. The van der Waals surface area contributed by atoms with E-state index in [-0.39, 0.29) is 5.91 Å². The maximum Gasteiger partial charge on any atom is 0.217 e. The molecule has 3 N–H and O–H groups in total. The van der Waals surface area contributed by atoms with Crippen molar-refractivity contribution in [2.75, 3.05) is 24.5 Å². The zero-order valence-corrected chi connectivity index (χ0v) is 12.3. The normalized spacial score (nSPS) is 16.4. The molecule has 1 fully saturated rings. The van der Waals surface area contributed by atoms with E-state index in [2.05, 4.69) is 41.4 Å². The fourth-order valence-electron chi connectivity index (χ4n) is 2.77. The number of hydrogen-bond donors (Lipinski definition) is 2. The molecule has 0 unspecified atom stereocenters. The van der Waals surface area contributed by atoms with Gasteiger partial charge in [0, 0.05) is 31.7 Å². The van der Waals surface area contributed by atoms with Crippen LogP contribution in [0.25, 0.3) is 0 Å². The van der Waals surface area contributed by atoms with Crippen LogP contribution in [0.2, 0.25) is 0 Å². The summed E-state index contributed by atoms with van der Waals surface area (Å²) in [7, 11) is 0. The summed E-state index contributed by atoms with van der Waals surface area (Å²) in [5, 5.41) is 3.33. The molecule has 1 aliphatic rings. The monoisotopic (exact) mass is 275 g/mol.